The molecule has 0 amide bonds. The Kier molecular flexibility index (Phi) is 6.28. The summed E-state index contributed by atoms with van der Waals surface area (Å²) in [6.45, 7) is 7.32. The van der Waals surface area contributed by atoms with E-state index in [9.17, 15) is 0 Å². The Bertz CT molecular complexity index is 118. The van der Waals surface area contributed by atoms with Crippen LogP contribution in [-0.2, 0) is 4.74 Å². The van der Waals surface area contributed by atoms with Gasteiger partial charge in [-0.3, -0.25) is 0 Å². The maximum Gasteiger partial charge on any atom is 0.0702 e. The van der Waals surface area contributed by atoms with Gasteiger partial charge in [-0.1, -0.05) is 13.3 Å². The van der Waals surface area contributed by atoms with Crippen LogP contribution >= 0.6 is 23.6 Å². The van der Waals surface area contributed by atoms with Crippen molar-refractivity contribution in [3.8, 4) is 0 Å². The van der Waals surface area contributed by atoms with E-state index in [0.717, 1.165) is 23.4 Å². The van der Waals surface area contributed by atoms with Crippen molar-refractivity contribution in [2.75, 3.05) is 13.2 Å². The van der Waals surface area contributed by atoms with E-state index in [2.05, 4.69) is 6.92 Å². The molecule has 0 radical (unpaired) electrons. The molecule has 74 valence electrons. The Labute approximate surface area is 85.0 Å². The minimum atomic E-state index is -0.309. The number of unbranched alkanes of at least 4 members (excludes halogenated alkanes) is 1. The predicted octanol–water partition coefficient (Wildman–Crippen LogP) is 3.19. The highest BCUT2D eigenvalue weighted by molar-refractivity contribution is 6.34. The lowest BCUT2D eigenvalue weighted by molar-refractivity contribution is 0.0703. The number of rotatable bonds is 6. The molecule has 0 heterocycles. The van der Waals surface area contributed by atoms with Crippen molar-refractivity contribution in [3.63, 3.8) is 0 Å². The van der Waals surface area contributed by atoms with Crippen molar-refractivity contribution in [2.45, 2.75) is 39.2 Å². The fourth-order valence-corrected chi connectivity index (χ4v) is 0.715. The molecule has 0 fully saturated rings. The van der Waals surface area contributed by atoms with Crippen LogP contribution in [0.4, 0.5) is 0 Å². The number of hydrogen-bond acceptors (Lipinski definition) is 2. The molecule has 0 aliphatic heterocycles. The second-order valence-corrected chi connectivity index (χ2v) is 4.30. The first-order chi connectivity index (χ1) is 5.50. The number of halogens is 2. The summed E-state index contributed by atoms with van der Waals surface area (Å²) in [6.07, 6.45) is 2.23. The summed E-state index contributed by atoms with van der Waals surface area (Å²) in [4.78, 5) is 0. The normalized spacial score (nSPS) is 12.5. The van der Waals surface area contributed by atoms with E-state index in [1.54, 1.807) is 0 Å². The van der Waals surface area contributed by atoms with Crippen LogP contribution in [-0.4, -0.2) is 22.7 Å². The molecular weight excluding hydrogens is 197 g/mol. The maximum absolute atomic E-state index is 5.60. The summed E-state index contributed by atoms with van der Waals surface area (Å²) >= 11 is 11.2. The first-order valence-electron chi connectivity index (χ1n) is 4.20. The van der Waals surface area contributed by atoms with E-state index in [0.29, 0.717) is 6.61 Å². The largest absolute Gasteiger partial charge is 0.379 e. The van der Waals surface area contributed by atoms with Crippen molar-refractivity contribution in [1.29, 1.82) is 0 Å². The van der Waals surface area contributed by atoms with Crippen molar-refractivity contribution in [3.05, 3.63) is 0 Å². The van der Waals surface area contributed by atoms with Gasteiger partial charge in [0.25, 0.3) is 0 Å². The lowest BCUT2D eigenvalue weighted by Gasteiger charge is -2.26. The molecule has 0 saturated heterocycles. The van der Waals surface area contributed by atoms with Crippen molar-refractivity contribution in [2.24, 2.45) is 0 Å². The summed E-state index contributed by atoms with van der Waals surface area (Å²) < 4.78 is 6.53. The number of hydrogen-bond donors (Lipinski definition) is 0. The lowest BCUT2D eigenvalue weighted by atomic mass is 10.1. The zero-order valence-corrected chi connectivity index (χ0v) is 9.45. The van der Waals surface area contributed by atoms with Gasteiger partial charge in [-0.25, -0.2) is 0 Å². The summed E-state index contributed by atoms with van der Waals surface area (Å²) in [5.74, 6) is 0. The Morgan fingerprint density at radius 3 is 2.33 bits per heavy atom. The molecule has 0 N–H and O–H groups in total. The molecule has 0 unspecified atom stereocenters. The van der Waals surface area contributed by atoms with Gasteiger partial charge < -0.3 is 4.74 Å². The molecule has 0 rings (SSSR count). The van der Waals surface area contributed by atoms with Crippen LogP contribution in [0.5, 0.6) is 0 Å². The summed E-state index contributed by atoms with van der Waals surface area (Å²) in [5.41, 5.74) is -0.309. The summed E-state index contributed by atoms with van der Waals surface area (Å²) in [5, 5.41) is 0. The average Bonchev–Trinajstić information content (AvgIpc) is 1.98. The summed E-state index contributed by atoms with van der Waals surface area (Å²) in [7, 11) is 0. The molecule has 0 aliphatic carbocycles. The highest BCUT2D eigenvalue weighted by Crippen LogP contribution is 2.19. The van der Waals surface area contributed by atoms with Crippen LogP contribution in [0.2, 0.25) is 0 Å². The molecule has 0 bridgehead atoms. The van der Waals surface area contributed by atoms with Crippen LogP contribution in [0, 0.1) is 0 Å². The van der Waals surface area contributed by atoms with E-state index in [1.807, 2.05) is 13.8 Å². The van der Waals surface area contributed by atoms with Crippen LogP contribution in [0.25, 0.3) is 0 Å². The smallest absolute Gasteiger partial charge is 0.0702 e. The molecule has 2 nitrogen and oxygen atoms in total. The van der Waals surface area contributed by atoms with Gasteiger partial charge in [-0.2, -0.15) is 0 Å². The predicted molar refractivity (Wildman–Crippen MR) is 53.4 cm³/mol. The van der Waals surface area contributed by atoms with Gasteiger partial charge in [0.05, 0.1) is 12.1 Å². The highest BCUT2D eigenvalue weighted by Gasteiger charge is 2.24. The minimum Gasteiger partial charge on any atom is -0.379 e. The molecule has 0 aromatic carbocycles. The molecule has 12 heavy (non-hydrogen) atoms. The second kappa shape index (κ2) is 6.03. The quantitative estimate of drug-likeness (QED) is 0.497. The number of ether oxygens (including phenoxy) is 1. The van der Waals surface area contributed by atoms with E-state index < -0.39 is 0 Å². The molecule has 0 aromatic heterocycles. The van der Waals surface area contributed by atoms with Crippen LogP contribution in [0.15, 0.2) is 0 Å². The molecule has 0 saturated carbocycles. The molecule has 0 spiro atoms. The monoisotopic (exact) mass is 213 g/mol. The molecule has 4 heteroatoms. The molecule has 0 atom stereocenters. The third-order valence-electron chi connectivity index (χ3n) is 1.56. The molecule has 0 aliphatic rings. The lowest BCUT2D eigenvalue weighted by Crippen LogP contribution is -2.36. The third kappa shape index (κ3) is 5.20. The van der Waals surface area contributed by atoms with Crippen molar-refractivity contribution in [1.82, 2.24) is 3.94 Å². The molecule has 0 aromatic rings. The topological polar surface area (TPSA) is 12.5 Å². The van der Waals surface area contributed by atoms with E-state index in [-0.39, 0.29) is 5.54 Å². The molecular formula is C8H17Cl2NO. The van der Waals surface area contributed by atoms with Gasteiger partial charge in [0, 0.05) is 6.61 Å². The zero-order valence-electron chi connectivity index (χ0n) is 7.94. The van der Waals surface area contributed by atoms with Gasteiger partial charge >= 0.3 is 0 Å². The van der Waals surface area contributed by atoms with Gasteiger partial charge in [-0.05, 0) is 43.8 Å². The highest BCUT2D eigenvalue weighted by atomic mass is 35.5. The van der Waals surface area contributed by atoms with Gasteiger partial charge in [0.15, 0.2) is 0 Å². The van der Waals surface area contributed by atoms with Crippen LogP contribution in [0.3, 0.4) is 0 Å². The Morgan fingerprint density at radius 2 is 1.92 bits per heavy atom. The fraction of sp³-hybridized carbons (Fsp3) is 1.00. The number of nitrogens with zero attached hydrogens (tertiary/aromatic N) is 1. The van der Waals surface area contributed by atoms with Gasteiger partial charge in [0.1, 0.15) is 0 Å². The standard InChI is InChI=1S/C8H17Cl2NO/c1-4-5-6-12-7-8(2,3)11(9)10/h4-7H2,1-3H3. The SMILES string of the molecule is CCCCOCC(C)(C)N(Cl)Cl. The van der Waals surface area contributed by atoms with E-state index in [4.69, 9.17) is 28.3 Å². The van der Waals surface area contributed by atoms with E-state index in [1.165, 1.54) is 0 Å². The van der Waals surface area contributed by atoms with E-state index >= 15 is 0 Å². The Balaban J connectivity index is 3.47. The van der Waals surface area contributed by atoms with Crippen molar-refractivity contribution < 1.29 is 4.74 Å². The van der Waals surface area contributed by atoms with Gasteiger partial charge in [-0.15, -0.1) is 3.94 Å². The Morgan fingerprint density at radius 1 is 1.33 bits per heavy atom. The average molecular weight is 214 g/mol. The first-order valence-corrected chi connectivity index (χ1v) is 4.88. The fourth-order valence-electron chi connectivity index (χ4n) is 0.617. The van der Waals surface area contributed by atoms with Crippen LogP contribution in [0.1, 0.15) is 33.6 Å². The second-order valence-electron chi connectivity index (χ2n) is 3.45. The zero-order chi connectivity index (χ0) is 9.61. The minimum absolute atomic E-state index is 0.309. The van der Waals surface area contributed by atoms with Crippen molar-refractivity contribution >= 4 is 23.6 Å². The van der Waals surface area contributed by atoms with Gasteiger partial charge in [0.2, 0.25) is 0 Å². The third-order valence-corrected chi connectivity index (χ3v) is 2.47. The first kappa shape index (κ1) is 12.5. The maximum atomic E-state index is 5.60. The Hall–Kier alpha value is 0.500. The van der Waals surface area contributed by atoms with Crippen LogP contribution < -0.4 is 0 Å². The summed E-state index contributed by atoms with van der Waals surface area (Å²) in [6, 6.07) is 0.